The third-order valence-electron chi connectivity index (χ3n) is 2.60. The van der Waals surface area contributed by atoms with E-state index in [0.29, 0.717) is 0 Å². The molecule has 2 heterocycles. The average molecular weight is 209 g/mol. The van der Waals surface area contributed by atoms with Crippen LogP contribution in [0.15, 0.2) is 42.7 Å². The number of fused-ring (bicyclic) bond motifs is 1. The van der Waals surface area contributed by atoms with Crippen LogP contribution in [0.25, 0.3) is 22.2 Å². The zero-order valence-corrected chi connectivity index (χ0v) is 8.94. The van der Waals surface area contributed by atoms with Crippen LogP contribution >= 0.6 is 0 Å². The van der Waals surface area contributed by atoms with Gasteiger partial charge in [0.05, 0.1) is 17.4 Å². The van der Waals surface area contributed by atoms with Crippen LogP contribution in [0, 0.1) is 6.92 Å². The summed E-state index contributed by atoms with van der Waals surface area (Å²) in [5.74, 6) is 0.920. The molecule has 0 aliphatic heterocycles. The minimum atomic E-state index is 0.920. The van der Waals surface area contributed by atoms with Crippen LogP contribution in [0.3, 0.4) is 0 Å². The quantitative estimate of drug-likeness (QED) is 0.669. The Morgan fingerprint density at radius 2 is 1.94 bits per heavy atom. The standard InChI is InChI=1S/C13H11N3/c1-9-14-8-13(16-9)11-6-10-4-2-3-5-12(10)15-7-11/h2-8H,1H3,(H,14,16). The molecule has 0 unspecified atom stereocenters. The largest absolute Gasteiger partial charge is 0.342 e. The van der Waals surface area contributed by atoms with Crippen LogP contribution in [-0.2, 0) is 0 Å². The van der Waals surface area contributed by atoms with Gasteiger partial charge in [-0.05, 0) is 19.1 Å². The first-order valence-electron chi connectivity index (χ1n) is 5.20. The Bertz CT molecular complexity index is 640. The SMILES string of the molecule is Cc1ncc(-c2cnc3ccccc3c2)[nH]1. The number of aromatic amines is 1. The lowest BCUT2D eigenvalue weighted by molar-refractivity contribution is 1.15. The monoisotopic (exact) mass is 209 g/mol. The second-order valence-corrected chi connectivity index (χ2v) is 3.80. The number of H-pyrrole nitrogens is 1. The van der Waals surface area contributed by atoms with E-state index in [0.717, 1.165) is 28.0 Å². The van der Waals surface area contributed by atoms with Crippen molar-refractivity contribution in [1.29, 1.82) is 0 Å². The van der Waals surface area contributed by atoms with Crippen molar-refractivity contribution < 1.29 is 0 Å². The Morgan fingerprint density at radius 3 is 2.75 bits per heavy atom. The molecule has 3 rings (SSSR count). The fraction of sp³-hybridized carbons (Fsp3) is 0.0769. The first kappa shape index (κ1) is 9.09. The predicted molar refractivity (Wildman–Crippen MR) is 64.1 cm³/mol. The number of benzene rings is 1. The van der Waals surface area contributed by atoms with E-state index in [-0.39, 0.29) is 0 Å². The van der Waals surface area contributed by atoms with Gasteiger partial charge in [0.15, 0.2) is 0 Å². The molecule has 1 aromatic carbocycles. The molecule has 0 saturated carbocycles. The van der Waals surface area contributed by atoms with Crippen LogP contribution in [-0.4, -0.2) is 15.0 Å². The molecule has 3 aromatic rings. The lowest BCUT2D eigenvalue weighted by Crippen LogP contribution is -1.82. The van der Waals surface area contributed by atoms with Crippen LogP contribution < -0.4 is 0 Å². The van der Waals surface area contributed by atoms with E-state index < -0.39 is 0 Å². The predicted octanol–water partition coefficient (Wildman–Crippen LogP) is 2.93. The Labute approximate surface area is 93.2 Å². The summed E-state index contributed by atoms with van der Waals surface area (Å²) < 4.78 is 0. The molecule has 0 bridgehead atoms. The molecule has 16 heavy (non-hydrogen) atoms. The summed E-state index contributed by atoms with van der Waals surface area (Å²) in [5.41, 5.74) is 3.09. The summed E-state index contributed by atoms with van der Waals surface area (Å²) in [5, 5.41) is 1.15. The normalized spacial score (nSPS) is 10.8. The van der Waals surface area contributed by atoms with Crippen molar-refractivity contribution in [2.24, 2.45) is 0 Å². The Morgan fingerprint density at radius 1 is 1.06 bits per heavy atom. The molecule has 0 fully saturated rings. The molecule has 0 aliphatic carbocycles. The first-order valence-corrected chi connectivity index (χ1v) is 5.20. The number of imidazole rings is 1. The van der Waals surface area contributed by atoms with Crippen LogP contribution in [0.5, 0.6) is 0 Å². The summed E-state index contributed by atoms with van der Waals surface area (Å²) in [6.45, 7) is 1.94. The molecule has 0 saturated heterocycles. The zero-order chi connectivity index (χ0) is 11.0. The second-order valence-electron chi connectivity index (χ2n) is 3.80. The summed E-state index contributed by atoms with van der Waals surface area (Å²) >= 11 is 0. The summed E-state index contributed by atoms with van der Waals surface area (Å²) in [4.78, 5) is 11.8. The average Bonchev–Trinajstić information content (AvgIpc) is 2.75. The van der Waals surface area contributed by atoms with E-state index in [1.165, 1.54) is 0 Å². The van der Waals surface area contributed by atoms with E-state index in [9.17, 15) is 0 Å². The molecule has 1 N–H and O–H groups in total. The fourth-order valence-corrected chi connectivity index (χ4v) is 1.79. The van der Waals surface area contributed by atoms with Crippen LogP contribution in [0.1, 0.15) is 5.82 Å². The molecule has 3 heteroatoms. The number of hydrogen-bond donors (Lipinski definition) is 1. The van der Waals surface area contributed by atoms with Crippen molar-refractivity contribution in [2.45, 2.75) is 6.92 Å². The minimum absolute atomic E-state index is 0.920. The molecular formula is C13H11N3. The maximum Gasteiger partial charge on any atom is 0.103 e. The molecule has 0 radical (unpaired) electrons. The smallest absolute Gasteiger partial charge is 0.103 e. The molecule has 3 nitrogen and oxygen atoms in total. The number of rotatable bonds is 1. The topological polar surface area (TPSA) is 41.6 Å². The van der Waals surface area contributed by atoms with Gasteiger partial charge in [0, 0.05) is 17.1 Å². The highest BCUT2D eigenvalue weighted by Crippen LogP contribution is 2.20. The number of aryl methyl sites for hydroxylation is 1. The summed E-state index contributed by atoms with van der Waals surface area (Å²) in [6.07, 6.45) is 3.70. The van der Waals surface area contributed by atoms with Gasteiger partial charge < -0.3 is 4.98 Å². The fourth-order valence-electron chi connectivity index (χ4n) is 1.79. The van der Waals surface area contributed by atoms with E-state index in [1.807, 2.05) is 37.5 Å². The van der Waals surface area contributed by atoms with Gasteiger partial charge in [-0.2, -0.15) is 0 Å². The van der Waals surface area contributed by atoms with E-state index in [2.05, 4.69) is 27.1 Å². The molecule has 78 valence electrons. The molecule has 0 atom stereocenters. The van der Waals surface area contributed by atoms with Crippen molar-refractivity contribution in [3.8, 4) is 11.3 Å². The molecule has 0 spiro atoms. The lowest BCUT2D eigenvalue weighted by Gasteiger charge is -2.00. The summed E-state index contributed by atoms with van der Waals surface area (Å²) in [6, 6.07) is 10.2. The number of pyridine rings is 1. The van der Waals surface area contributed by atoms with Gasteiger partial charge >= 0.3 is 0 Å². The van der Waals surface area contributed by atoms with E-state index >= 15 is 0 Å². The van der Waals surface area contributed by atoms with Crippen molar-refractivity contribution in [3.05, 3.63) is 48.5 Å². The molecule has 0 amide bonds. The Hall–Kier alpha value is -2.16. The number of nitrogens with zero attached hydrogens (tertiary/aromatic N) is 2. The number of para-hydroxylation sites is 1. The summed E-state index contributed by atoms with van der Waals surface area (Å²) in [7, 11) is 0. The van der Waals surface area contributed by atoms with Gasteiger partial charge in [0.2, 0.25) is 0 Å². The van der Waals surface area contributed by atoms with Crippen molar-refractivity contribution in [2.75, 3.05) is 0 Å². The van der Waals surface area contributed by atoms with Gasteiger partial charge in [-0.15, -0.1) is 0 Å². The first-order chi connectivity index (χ1) is 7.83. The lowest BCUT2D eigenvalue weighted by atomic mass is 10.1. The maximum atomic E-state index is 4.42. The Kier molecular flexibility index (Phi) is 1.96. The van der Waals surface area contributed by atoms with Crippen molar-refractivity contribution in [3.63, 3.8) is 0 Å². The maximum absolute atomic E-state index is 4.42. The highest BCUT2D eigenvalue weighted by atomic mass is 14.9. The third-order valence-corrected chi connectivity index (χ3v) is 2.60. The van der Waals surface area contributed by atoms with Gasteiger partial charge in [0.1, 0.15) is 5.82 Å². The van der Waals surface area contributed by atoms with Gasteiger partial charge in [-0.3, -0.25) is 4.98 Å². The van der Waals surface area contributed by atoms with Crippen molar-refractivity contribution >= 4 is 10.9 Å². The van der Waals surface area contributed by atoms with Gasteiger partial charge in [-0.25, -0.2) is 4.98 Å². The third kappa shape index (κ3) is 1.46. The molecule has 0 aliphatic rings. The van der Waals surface area contributed by atoms with Crippen LogP contribution in [0.4, 0.5) is 0 Å². The number of hydrogen-bond acceptors (Lipinski definition) is 2. The number of aromatic nitrogens is 3. The van der Waals surface area contributed by atoms with Crippen molar-refractivity contribution in [1.82, 2.24) is 15.0 Å². The van der Waals surface area contributed by atoms with E-state index in [4.69, 9.17) is 0 Å². The van der Waals surface area contributed by atoms with Gasteiger partial charge in [-0.1, -0.05) is 18.2 Å². The Balaban J connectivity index is 2.18. The van der Waals surface area contributed by atoms with Gasteiger partial charge in [0.25, 0.3) is 0 Å². The van der Waals surface area contributed by atoms with E-state index in [1.54, 1.807) is 0 Å². The second kappa shape index (κ2) is 3.45. The highest BCUT2D eigenvalue weighted by Gasteiger charge is 2.02. The van der Waals surface area contributed by atoms with Crippen LogP contribution in [0.2, 0.25) is 0 Å². The number of nitrogens with one attached hydrogen (secondary N) is 1. The molecular weight excluding hydrogens is 198 g/mol. The zero-order valence-electron chi connectivity index (χ0n) is 8.94. The minimum Gasteiger partial charge on any atom is -0.342 e. The molecule has 2 aromatic heterocycles. The highest BCUT2D eigenvalue weighted by molar-refractivity contribution is 5.82.